The average molecular weight is 369 g/mol. The van der Waals surface area contributed by atoms with Crippen molar-refractivity contribution in [2.45, 2.75) is 6.92 Å². The van der Waals surface area contributed by atoms with Crippen LogP contribution in [0.1, 0.15) is 15.9 Å². The Morgan fingerprint density at radius 1 is 0.893 bits per heavy atom. The van der Waals surface area contributed by atoms with E-state index in [4.69, 9.17) is 9.47 Å². The van der Waals surface area contributed by atoms with E-state index in [1.807, 2.05) is 30.3 Å². The topological polar surface area (TPSA) is 48.4 Å². The zero-order valence-corrected chi connectivity index (χ0v) is 15.7. The van der Waals surface area contributed by atoms with Crippen molar-refractivity contribution in [2.24, 2.45) is 0 Å². The van der Waals surface area contributed by atoms with Crippen LogP contribution in [0.4, 0.5) is 0 Å². The molecule has 0 bridgehead atoms. The van der Waals surface area contributed by atoms with Crippen LogP contribution in [0.3, 0.4) is 0 Å². The van der Waals surface area contributed by atoms with Gasteiger partial charge in [0, 0.05) is 28.9 Å². The van der Waals surface area contributed by atoms with E-state index < -0.39 is 0 Å². The van der Waals surface area contributed by atoms with Crippen LogP contribution in [0.15, 0.2) is 73.1 Å². The van der Waals surface area contributed by atoms with E-state index in [1.165, 1.54) is 0 Å². The van der Waals surface area contributed by atoms with Crippen molar-refractivity contribution < 1.29 is 14.3 Å². The molecule has 0 amide bonds. The molecule has 3 aromatic carbocycles. The van der Waals surface area contributed by atoms with E-state index in [0.717, 1.165) is 45.2 Å². The van der Waals surface area contributed by atoms with E-state index in [2.05, 4.69) is 18.0 Å². The van der Waals surface area contributed by atoms with Gasteiger partial charge < -0.3 is 9.47 Å². The van der Waals surface area contributed by atoms with Crippen LogP contribution in [0.5, 0.6) is 17.2 Å². The third kappa shape index (κ3) is 3.32. The third-order valence-corrected chi connectivity index (χ3v) is 4.70. The van der Waals surface area contributed by atoms with Gasteiger partial charge in [0.25, 0.3) is 0 Å². The fourth-order valence-corrected chi connectivity index (χ4v) is 3.33. The highest BCUT2D eigenvalue weighted by atomic mass is 16.5. The number of carbonyl (C=O) groups is 1. The molecule has 28 heavy (non-hydrogen) atoms. The number of hydrogen-bond acceptors (Lipinski definition) is 4. The first kappa shape index (κ1) is 17.7. The zero-order chi connectivity index (χ0) is 19.5. The lowest BCUT2D eigenvalue weighted by Crippen LogP contribution is -1.94. The Labute approximate surface area is 163 Å². The SMILES string of the molecule is COc1ccc2c(Oc3ccc(C=O)cc3)c(-c3ccncc3)c(C)cc2c1. The van der Waals surface area contributed by atoms with Crippen molar-refractivity contribution in [3.05, 3.63) is 84.2 Å². The van der Waals surface area contributed by atoms with Gasteiger partial charge in [0.15, 0.2) is 0 Å². The van der Waals surface area contributed by atoms with Gasteiger partial charge in [-0.15, -0.1) is 0 Å². The first-order chi connectivity index (χ1) is 13.7. The Kier molecular flexibility index (Phi) is 4.77. The van der Waals surface area contributed by atoms with Gasteiger partial charge in [-0.3, -0.25) is 9.78 Å². The van der Waals surface area contributed by atoms with Gasteiger partial charge in [0.1, 0.15) is 23.5 Å². The van der Waals surface area contributed by atoms with Gasteiger partial charge in [0.05, 0.1) is 7.11 Å². The summed E-state index contributed by atoms with van der Waals surface area (Å²) in [7, 11) is 1.66. The van der Waals surface area contributed by atoms with E-state index in [-0.39, 0.29) is 0 Å². The van der Waals surface area contributed by atoms with E-state index in [9.17, 15) is 4.79 Å². The molecule has 0 spiro atoms. The van der Waals surface area contributed by atoms with Crippen molar-refractivity contribution in [2.75, 3.05) is 7.11 Å². The number of fused-ring (bicyclic) bond motifs is 1. The monoisotopic (exact) mass is 369 g/mol. The smallest absolute Gasteiger partial charge is 0.150 e. The molecule has 0 unspecified atom stereocenters. The number of aldehydes is 1. The molecule has 0 aliphatic heterocycles. The molecule has 0 N–H and O–H groups in total. The molecule has 4 heteroatoms. The molecule has 138 valence electrons. The maximum absolute atomic E-state index is 10.9. The summed E-state index contributed by atoms with van der Waals surface area (Å²) in [6, 6.07) is 19.1. The van der Waals surface area contributed by atoms with Crippen LogP contribution in [0, 0.1) is 6.92 Å². The summed E-state index contributed by atoms with van der Waals surface area (Å²) in [5.74, 6) is 2.23. The molecule has 4 rings (SSSR count). The zero-order valence-electron chi connectivity index (χ0n) is 15.7. The quantitative estimate of drug-likeness (QED) is 0.416. The summed E-state index contributed by atoms with van der Waals surface area (Å²) >= 11 is 0. The number of carbonyl (C=O) groups excluding carboxylic acids is 1. The Morgan fingerprint density at radius 2 is 1.61 bits per heavy atom. The summed E-state index contributed by atoms with van der Waals surface area (Å²) < 4.78 is 11.7. The number of aryl methyl sites for hydroxylation is 1. The lowest BCUT2D eigenvalue weighted by atomic mass is 9.95. The van der Waals surface area contributed by atoms with Gasteiger partial charge in [-0.1, -0.05) is 6.07 Å². The molecular formula is C24H19NO3. The normalized spacial score (nSPS) is 10.6. The lowest BCUT2D eigenvalue weighted by molar-refractivity contribution is 0.112. The molecule has 1 heterocycles. The third-order valence-electron chi connectivity index (χ3n) is 4.70. The van der Waals surface area contributed by atoms with Gasteiger partial charge in [-0.05, 0) is 78.0 Å². The van der Waals surface area contributed by atoms with Crippen LogP contribution in [-0.2, 0) is 0 Å². The second-order valence-electron chi connectivity index (χ2n) is 6.51. The minimum absolute atomic E-state index is 0.612. The highest BCUT2D eigenvalue weighted by Crippen LogP contribution is 2.42. The number of nitrogens with zero attached hydrogens (tertiary/aromatic N) is 1. The predicted octanol–water partition coefficient (Wildman–Crippen LogP) is 5.82. The summed E-state index contributed by atoms with van der Waals surface area (Å²) in [4.78, 5) is 15.1. The Bertz CT molecular complexity index is 1140. The molecule has 0 atom stereocenters. The molecule has 4 nitrogen and oxygen atoms in total. The maximum atomic E-state index is 10.9. The fourth-order valence-electron chi connectivity index (χ4n) is 3.33. The van der Waals surface area contributed by atoms with Crippen molar-refractivity contribution in [3.8, 4) is 28.4 Å². The number of aromatic nitrogens is 1. The number of pyridine rings is 1. The molecule has 0 aliphatic carbocycles. The van der Waals surface area contributed by atoms with E-state index >= 15 is 0 Å². The summed E-state index contributed by atoms with van der Waals surface area (Å²) in [5.41, 5.74) is 3.75. The Balaban J connectivity index is 1.94. The van der Waals surface area contributed by atoms with Gasteiger partial charge in [-0.2, -0.15) is 0 Å². The summed E-state index contributed by atoms with van der Waals surface area (Å²) in [6.45, 7) is 2.07. The first-order valence-electron chi connectivity index (χ1n) is 8.94. The van der Waals surface area contributed by atoms with E-state index in [1.54, 1.807) is 43.8 Å². The van der Waals surface area contributed by atoms with Crippen LogP contribution in [0.2, 0.25) is 0 Å². The largest absolute Gasteiger partial charge is 0.497 e. The highest BCUT2D eigenvalue weighted by Gasteiger charge is 2.16. The van der Waals surface area contributed by atoms with E-state index in [0.29, 0.717) is 11.3 Å². The average Bonchev–Trinajstić information content (AvgIpc) is 2.74. The van der Waals surface area contributed by atoms with Crippen molar-refractivity contribution in [1.29, 1.82) is 0 Å². The molecule has 0 aliphatic rings. The number of ether oxygens (including phenoxy) is 2. The Hall–Kier alpha value is -3.66. The predicted molar refractivity (Wildman–Crippen MR) is 110 cm³/mol. The number of benzene rings is 3. The number of hydrogen-bond donors (Lipinski definition) is 0. The van der Waals surface area contributed by atoms with Gasteiger partial charge in [0.2, 0.25) is 0 Å². The standard InChI is InChI=1S/C24H19NO3/c1-16-13-19-14-21(27-2)7-8-22(19)24(23(16)18-9-11-25-12-10-18)28-20-5-3-17(15-26)4-6-20/h3-15H,1-2H3. The second-order valence-corrected chi connectivity index (χ2v) is 6.51. The van der Waals surface area contributed by atoms with Crippen molar-refractivity contribution >= 4 is 17.1 Å². The minimum atomic E-state index is 0.612. The Morgan fingerprint density at radius 3 is 2.29 bits per heavy atom. The van der Waals surface area contributed by atoms with Crippen LogP contribution >= 0.6 is 0 Å². The number of rotatable bonds is 5. The molecular weight excluding hydrogens is 350 g/mol. The molecule has 0 radical (unpaired) electrons. The molecule has 0 saturated carbocycles. The van der Waals surface area contributed by atoms with Crippen molar-refractivity contribution in [1.82, 2.24) is 4.98 Å². The fraction of sp³-hybridized carbons (Fsp3) is 0.0833. The maximum Gasteiger partial charge on any atom is 0.150 e. The molecule has 1 aromatic heterocycles. The summed E-state index contributed by atoms with van der Waals surface area (Å²) in [5, 5.41) is 2.02. The first-order valence-corrected chi connectivity index (χ1v) is 8.94. The minimum Gasteiger partial charge on any atom is -0.497 e. The van der Waals surface area contributed by atoms with Crippen LogP contribution in [-0.4, -0.2) is 18.4 Å². The molecule has 0 saturated heterocycles. The molecule has 0 fully saturated rings. The van der Waals surface area contributed by atoms with Gasteiger partial charge in [-0.25, -0.2) is 0 Å². The summed E-state index contributed by atoms with van der Waals surface area (Å²) in [6.07, 6.45) is 4.37. The van der Waals surface area contributed by atoms with Gasteiger partial charge >= 0.3 is 0 Å². The highest BCUT2D eigenvalue weighted by molar-refractivity contribution is 5.97. The van der Waals surface area contributed by atoms with Crippen LogP contribution in [0.25, 0.3) is 21.9 Å². The van der Waals surface area contributed by atoms with Crippen LogP contribution < -0.4 is 9.47 Å². The number of methoxy groups -OCH3 is 1. The van der Waals surface area contributed by atoms with Crippen molar-refractivity contribution in [3.63, 3.8) is 0 Å². The second kappa shape index (κ2) is 7.53. The molecule has 4 aromatic rings. The lowest BCUT2D eigenvalue weighted by Gasteiger charge is -2.18.